The molecule has 0 atom stereocenters. The summed E-state index contributed by atoms with van der Waals surface area (Å²) < 4.78 is 25.1. The smallest absolute Gasteiger partial charge is 0.260 e. The molecule has 1 heterocycles. The van der Waals surface area contributed by atoms with E-state index in [1.807, 2.05) is 31.2 Å². The van der Waals surface area contributed by atoms with Crippen molar-refractivity contribution in [1.29, 1.82) is 0 Å². The van der Waals surface area contributed by atoms with E-state index < -0.39 is 15.7 Å². The van der Waals surface area contributed by atoms with E-state index in [-0.39, 0.29) is 26.3 Å². The summed E-state index contributed by atoms with van der Waals surface area (Å²) in [6.07, 6.45) is 1.08. The van der Waals surface area contributed by atoms with Crippen molar-refractivity contribution < 1.29 is 13.2 Å². The summed E-state index contributed by atoms with van der Waals surface area (Å²) in [6.45, 7) is 4.10. The van der Waals surface area contributed by atoms with Crippen molar-refractivity contribution in [1.82, 2.24) is 9.78 Å². The van der Waals surface area contributed by atoms with Gasteiger partial charge in [0.05, 0.1) is 33.4 Å². The van der Waals surface area contributed by atoms with Crippen molar-refractivity contribution in [3.8, 4) is 0 Å². The number of hydrogen-bond acceptors (Lipinski definition) is 4. The minimum atomic E-state index is -3.44. The maximum atomic E-state index is 12.8. The van der Waals surface area contributed by atoms with E-state index in [1.54, 1.807) is 11.6 Å². The first-order valence-corrected chi connectivity index (χ1v) is 11.3. The highest BCUT2D eigenvalue weighted by atomic mass is 35.5. The van der Waals surface area contributed by atoms with Gasteiger partial charge in [-0.15, -0.1) is 0 Å². The van der Waals surface area contributed by atoms with Gasteiger partial charge in [-0.2, -0.15) is 5.10 Å². The molecule has 1 aromatic heterocycles. The van der Waals surface area contributed by atoms with Crippen LogP contribution in [0.1, 0.15) is 27.2 Å². The molecule has 1 N–H and O–H groups in total. The number of carbonyl (C=O) groups is 1. The van der Waals surface area contributed by atoms with Crippen LogP contribution in [0.5, 0.6) is 0 Å². The standard InChI is InChI=1S/C20H19Cl2N3O3S/c1-12-4-6-14(7-5-12)11-25-19(22)18(13(2)24-25)20(26)23-17-10-15(29(3,27)28)8-9-16(17)21/h4-10H,11H2,1-3H3,(H,23,26). The lowest BCUT2D eigenvalue weighted by molar-refractivity contribution is 0.102. The van der Waals surface area contributed by atoms with Crippen LogP contribution in [0.2, 0.25) is 10.2 Å². The van der Waals surface area contributed by atoms with Crippen molar-refractivity contribution >= 4 is 44.6 Å². The van der Waals surface area contributed by atoms with Crippen molar-refractivity contribution in [2.24, 2.45) is 0 Å². The van der Waals surface area contributed by atoms with E-state index in [4.69, 9.17) is 23.2 Å². The van der Waals surface area contributed by atoms with Crippen LogP contribution in [0, 0.1) is 13.8 Å². The van der Waals surface area contributed by atoms with Crippen LogP contribution in [-0.4, -0.2) is 30.4 Å². The van der Waals surface area contributed by atoms with Gasteiger partial charge < -0.3 is 5.32 Å². The summed E-state index contributed by atoms with van der Waals surface area (Å²) in [5.74, 6) is -0.518. The van der Waals surface area contributed by atoms with Gasteiger partial charge in [0.1, 0.15) is 5.15 Å². The summed E-state index contributed by atoms with van der Waals surface area (Å²) >= 11 is 12.5. The number of nitrogens with one attached hydrogen (secondary N) is 1. The molecular formula is C20H19Cl2N3O3S. The second-order valence-electron chi connectivity index (χ2n) is 6.76. The number of nitrogens with zero attached hydrogens (tertiary/aromatic N) is 2. The Morgan fingerprint density at radius 2 is 1.76 bits per heavy atom. The van der Waals surface area contributed by atoms with Crippen LogP contribution in [0.4, 0.5) is 5.69 Å². The Morgan fingerprint density at radius 1 is 1.10 bits per heavy atom. The first-order chi connectivity index (χ1) is 13.6. The third kappa shape index (κ3) is 4.80. The highest BCUT2D eigenvalue weighted by molar-refractivity contribution is 7.90. The van der Waals surface area contributed by atoms with Gasteiger partial charge in [-0.25, -0.2) is 13.1 Å². The lowest BCUT2D eigenvalue weighted by Gasteiger charge is -2.09. The summed E-state index contributed by atoms with van der Waals surface area (Å²) in [5.41, 5.74) is 2.98. The molecule has 6 nitrogen and oxygen atoms in total. The fraction of sp³-hybridized carbons (Fsp3) is 0.200. The largest absolute Gasteiger partial charge is 0.320 e. The number of halogens is 2. The second kappa shape index (κ2) is 8.18. The van der Waals surface area contributed by atoms with Crippen LogP contribution in [-0.2, 0) is 16.4 Å². The minimum Gasteiger partial charge on any atom is -0.320 e. The quantitative estimate of drug-likeness (QED) is 0.618. The van der Waals surface area contributed by atoms with Gasteiger partial charge in [-0.1, -0.05) is 53.0 Å². The molecular weight excluding hydrogens is 433 g/mol. The first kappa shape index (κ1) is 21.4. The van der Waals surface area contributed by atoms with Crippen molar-refractivity contribution in [3.63, 3.8) is 0 Å². The molecule has 0 saturated carbocycles. The lowest BCUT2D eigenvalue weighted by Crippen LogP contribution is -2.14. The molecule has 1 amide bonds. The molecule has 152 valence electrons. The van der Waals surface area contributed by atoms with Gasteiger partial charge in [-0.05, 0) is 37.6 Å². The summed E-state index contributed by atoms with van der Waals surface area (Å²) in [4.78, 5) is 12.9. The Morgan fingerprint density at radius 3 is 2.38 bits per heavy atom. The molecule has 0 radical (unpaired) electrons. The van der Waals surface area contributed by atoms with Crippen molar-refractivity contribution in [2.75, 3.05) is 11.6 Å². The maximum absolute atomic E-state index is 12.8. The number of aryl methyl sites for hydroxylation is 2. The Balaban J connectivity index is 1.89. The number of amides is 1. The summed E-state index contributed by atoms with van der Waals surface area (Å²) in [6, 6.07) is 12.0. The molecule has 3 rings (SSSR count). The normalized spacial score (nSPS) is 11.5. The molecule has 3 aromatic rings. The maximum Gasteiger partial charge on any atom is 0.260 e. The zero-order valence-electron chi connectivity index (χ0n) is 16.0. The molecule has 29 heavy (non-hydrogen) atoms. The zero-order valence-corrected chi connectivity index (χ0v) is 18.4. The molecule has 0 aliphatic rings. The predicted octanol–water partition coefficient (Wildman–Crippen LogP) is 4.51. The van der Waals surface area contributed by atoms with Crippen LogP contribution in [0.3, 0.4) is 0 Å². The highest BCUT2D eigenvalue weighted by Gasteiger charge is 2.22. The van der Waals surface area contributed by atoms with E-state index in [9.17, 15) is 13.2 Å². The zero-order chi connectivity index (χ0) is 21.3. The van der Waals surface area contributed by atoms with Crippen molar-refractivity contribution in [2.45, 2.75) is 25.3 Å². The second-order valence-corrected chi connectivity index (χ2v) is 9.54. The SMILES string of the molecule is Cc1ccc(Cn2nc(C)c(C(=O)Nc3cc(S(C)(=O)=O)ccc3Cl)c2Cl)cc1. The average molecular weight is 452 g/mol. The fourth-order valence-electron chi connectivity index (χ4n) is 2.80. The Kier molecular flexibility index (Phi) is 6.03. The van der Waals surface area contributed by atoms with E-state index in [0.29, 0.717) is 12.2 Å². The molecule has 0 aliphatic heterocycles. The molecule has 0 fully saturated rings. The molecule has 0 unspecified atom stereocenters. The molecule has 0 bridgehead atoms. The van der Waals surface area contributed by atoms with Crippen LogP contribution in [0.25, 0.3) is 0 Å². The number of benzene rings is 2. The topological polar surface area (TPSA) is 81.1 Å². The number of hydrogen-bond donors (Lipinski definition) is 1. The predicted molar refractivity (Wildman–Crippen MR) is 115 cm³/mol. The molecule has 0 spiro atoms. The Bertz CT molecular complexity index is 1190. The van der Waals surface area contributed by atoms with Gasteiger partial charge in [0.2, 0.25) is 0 Å². The molecule has 0 aliphatic carbocycles. The van der Waals surface area contributed by atoms with Gasteiger partial charge in [0, 0.05) is 6.26 Å². The Hall–Kier alpha value is -2.35. The number of aromatic nitrogens is 2. The molecule has 9 heteroatoms. The van der Waals surface area contributed by atoms with Crippen LogP contribution < -0.4 is 5.32 Å². The Labute approximate surface area is 179 Å². The van der Waals surface area contributed by atoms with Gasteiger partial charge in [0.25, 0.3) is 5.91 Å². The fourth-order valence-corrected chi connectivity index (χ4v) is 3.93. The number of rotatable bonds is 5. The van der Waals surface area contributed by atoms with Gasteiger partial charge in [-0.3, -0.25) is 4.79 Å². The average Bonchev–Trinajstić information content (AvgIpc) is 2.91. The number of sulfone groups is 1. The molecule has 0 saturated heterocycles. The summed E-state index contributed by atoms with van der Waals surface area (Å²) in [7, 11) is -3.44. The van der Waals surface area contributed by atoms with E-state index in [0.717, 1.165) is 17.4 Å². The monoisotopic (exact) mass is 451 g/mol. The number of carbonyl (C=O) groups excluding carboxylic acids is 1. The van der Waals surface area contributed by atoms with E-state index in [2.05, 4.69) is 10.4 Å². The highest BCUT2D eigenvalue weighted by Crippen LogP contribution is 2.28. The first-order valence-electron chi connectivity index (χ1n) is 8.65. The van der Waals surface area contributed by atoms with Crippen molar-refractivity contribution in [3.05, 3.63) is 75.0 Å². The summed E-state index contributed by atoms with van der Waals surface area (Å²) in [5, 5.41) is 7.40. The lowest BCUT2D eigenvalue weighted by atomic mass is 10.1. The number of anilines is 1. The van der Waals surface area contributed by atoms with Crippen LogP contribution >= 0.6 is 23.2 Å². The van der Waals surface area contributed by atoms with Gasteiger partial charge >= 0.3 is 0 Å². The third-order valence-corrected chi connectivity index (χ3v) is 6.18. The van der Waals surface area contributed by atoms with E-state index in [1.165, 1.54) is 18.2 Å². The van der Waals surface area contributed by atoms with Gasteiger partial charge in [0.15, 0.2) is 9.84 Å². The molecule has 2 aromatic carbocycles. The van der Waals surface area contributed by atoms with Crippen LogP contribution in [0.15, 0.2) is 47.4 Å². The third-order valence-electron chi connectivity index (χ3n) is 4.36. The minimum absolute atomic E-state index is 0.0510. The van der Waals surface area contributed by atoms with E-state index >= 15 is 0 Å².